The third-order valence-corrected chi connectivity index (χ3v) is 7.51. The number of aryl methyl sites for hydroxylation is 2. The zero-order valence-corrected chi connectivity index (χ0v) is 24.2. The van der Waals surface area contributed by atoms with E-state index in [1.54, 1.807) is 5.56 Å². The van der Waals surface area contributed by atoms with E-state index in [-0.39, 0.29) is 0 Å². The first-order valence-electron chi connectivity index (χ1n) is 12.9. The third-order valence-electron chi connectivity index (χ3n) is 6.94. The van der Waals surface area contributed by atoms with E-state index >= 15 is 0 Å². The highest BCUT2D eigenvalue weighted by Gasteiger charge is 2.37. The summed E-state index contributed by atoms with van der Waals surface area (Å²) in [5.74, 6) is 0.571. The largest absolute Gasteiger partial charge is 0.741 e. The van der Waals surface area contributed by atoms with Crippen molar-refractivity contribution >= 4 is 26.7 Å². The molecule has 3 aromatic rings. The first kappa shape index (κ1) is 31.6. The van der Waals surface area contributed by atoms with Crippen LogP contribution in [0.3, 0.4) is 0 Å². The van der Waals surface area contributed by atoms with Crippen molar-refractivity contribution < 1.29 is 30.7 Å². The molecule has 1 aromatic carbocycles. The molecule has 2 heterocycles. The number of unbranched alkanes of at least 4 members (excludes halogenated alkanes) is 1. The van der Waals surface area contributed by atoms with Crippen LogP contribution < -0.4 is 9.47 Å². The predicted octanol–water partition coefficient (Wildman–Crippen LogP) is 6.13. The van der Waals surface area contributed by atoms with Crippen molar-refractivity contribution in [3.05, 3.63) is 59.0 Å². The summed E-state index contributed by atoms with van der Waals surface area (Å²) in [5, 5.41) is 1.30. The Hall–Kier alpha value is -2.59. The summed E-state index contributed by atoms with van der Waals surface area (Å²) in [4.78, 5) is 2.17. The molecule has 0 spiro atoms. The smallest absolute Gasteiger partial charge is 0.485 e. The van der Waals surface area contributed by atoms with Crippen LogP contribution in [0.1, 0.15) is 68.1 Å². The standard InChI is InChI=1S/C27H40N3.CHF3O3S/c1-8-10-16-30-20(3)17-26(21(30)4)22(11-9-2)18-25-13-12-23-19-24(28(5)6)14-15-27(23)29(25)7;2-1(3,4)8(5,6)7/h12-15,17,19,22H,8-11,16,18H2,1-7H3;(H,5,6,7)/q+1;/p-1. The lowest BCUT2D eigenvalue weighted by molar-refractivity contribution is -0.653. The maximum Gasteiger partial charge on any atom is 0.485 e. The van der Waals surface area contributed by atoms with Crippen molar-refractivity contribution in [2.24, 2.45) is 7.05 Å². The Morgan fingerprint density at radius 3 is 2.21 bits per heavy atom. The number of halogens is 3. The van der Waals surface area contributed by atoms with Crippen LogP contribution in [-0.2, 0) is 30.1 Å². The van der Waals surface area contributed by atoms with Crippen molar-refractivity contribution in [3.63, 3.8) is 0 Å². The van der Waals surface area contributed by atoms with Crippen LogP contribution in [-0.4, -0.2) is 37.1 Å². The zero-order chi connectivity index (χ0) is 28.8. The van der Waals surface area contributed by atoms with E-state index in [4.69, 9.17) is 13.0 Å². The molecule has 38 heavy (non-hydrogen) atoms. The molecule has 0 bridgehead atoms. The summed E-state index contributed by atoms with van der Waals surface area (Å²) in [5.41, 5.74) is 2.76. The van der Waals surface area contributed by atoms with Gasteiger partial charge >= 0.3 is 5.51 Å². The number of nitrogens with zero attached hydrogens (tertiary/aromatic N) is 3. The molecule has 0 N–H and O–H groups in total. The molecule has 1 atom stereocenters. The van der Waals surface area contributed by atoms with E-state index in [9.17, 15) is 13.2 Å². The molecule has 2 aromatic heterocycles. The SMILES string of the molecule is CCCCn1c(C)cc(C(CCC)Cc2ccc3cc(N(C)C)ccc3[n+]2C)c1C.O=S(=O)([O-])C(F)(F)F. The second kappa shape index (κ2) is 13.0. The molecule has 0 radical (unpaired) electrons. The molecular weight excluding hydrogens is 515 g/mol. The molecule has 0 saturated carbocycles. The van der Waals surface area contributed by atoms with Crippen molar-refractivity contribution in [1.29, 1.82) is 0 Å². The van der Waals surface area contributed by atoms with Gasteiger partial charge in [-0.1, -0.05) is 26.7 Å². The van der Waals surface area contributed by atoms with Crippen molar-refractivity contribution in [2.45, 2.75) is 77.8 Å². The number of hydrogen-bond acceptors (Lipinski definition) is 4. The number of rotatable bonds is 9. The van der Waals surface area contributed by atoms with Gasteiger partial charge in [-0.05, 0) is 62.4 Å². The van der Waals surface area contributed by atoms with E-state index < -0.39 is 15.6 Å². The molecule has 0 amide bonds. The van der Waals surface area contributed by atoms with Gasteiger partial charge in [-0.3, -0.25) is 0 Å². The fourth-order valence-electron chi connectivity index (χ4n) is 4.79. The van der Waals surface area contributed by atoms with Crippen LogP contribution >= 0.6 is 0 Å². The Morgan fingerprint density at radius 2 is 1.68 bits per heavy atom. The highest BCUT2D eigenvalue weighted by atomic mass is 32.2. The first-order valence-corrected chi connectivity index (χ1v) is 14.3. The van der Waals surface area contributed by atoms with E-state index in [1.807, 2.05) is 0 Å². The Kier molecular flexibility index (Phi) is 10.8. The molecular formula is C28H40F3N3O3S. The topological polar surface area (TPSA) is 69.2 Å². The number of benzene rings is 1. The Morgan fingerprint density at radius 1 is 1.05 bits per heavy atom. The van der Waals surface area contributed by atoms with Crippen LogP contribution in [0.4, 0.5) is 18.9 Å². The second-order valence-corrected chi connectivity index (χ2v) is 11.3. The van der Waals surface area contributed by atoms with Gasteiger partial charge in [0.15, 0.2) is 15.8 Å². The summed E-state index contributed by atoms with van der Waals surface area (Å²) in [6.07, 6.45) is 6.03. The Balaban J connectivity index is 0.000000550. The molecule has 0 aliphatic rings. The van der Waals surface area contributed by atoms with Crippen LogP contribution in [0, 0.1) is 13.8 Å². The Labute approximate surface area is 224 Å². The number of aromatic nitrogens is 2. The van der Waals surface area contributed by atoms with Crippen LogP contribution in [0.2, 0.25) is 0 Å². The molecule has 6 nitrogen and oxygen atoms in total. The fourth-order valence-corrected chi connectivity index (χ4v) is 4.79. The summed E-state index contributed by atoms with van der Waals surface area (Å²) >= 11 is 0. The minimum atomic E-state index is -6.09. The summed E-state index contributed by atoms with van der Waals surface area (Å²) in [6, 6.07) is 13.8. The van der Waals surface area contributed by atoms with Gasteiger partial charge in [0.1, 0.15) is 7.05 Å². The number of fused-ring (bicyclic) bond motifs is 1. The summed E-state index contributed by atoms with van der Waals surface area (Å²) < 4.78 is 63.8. The maximum absolute atomic E-state index is 10.7. The lowest BCUT2D eigenvalue weighted by Gasteiger charge is -2.17. The molecule has 3 rings (SSSR count). The van der Waals surface area contributed by atoms with E-state index in [2.05, 4.69) is 99.3 Å². The predicted molar refractivity (Wildman–Crippen MR) is 145 cm³/mol. The summed E-state index contributed by atoms with van der Waals surface area (Å²) in [6.45, 7) is 10.3. The first-order chi connectivity index (χ1) is 17.6. The number of hydrogen-bond donors (Lipinski definition) is 0. The van der Waals surface area contributed by atoms with Gasteiger partial charge in [-0.25, -0.2) is 8.42 Å². The number of pyridine rings is 1. The molecule has 10 heteroatoms. The lowest BCUT2D eigenvalue weighted by Crippen LogP contribution is -2.35. The molecule has 0 aliphatic carbocycles. The monoisotopic (exact) mass is 555 g/mol. The van der Waals surface area contributed by atoms with Gasteiger partial charge in [0.25, 0.3) is 0 Å². The molecule has 0 saturated heterocycles. The van der Waals surface area contributed by atoms with E-state index in [0.717, 1.165) is 13.0 Å². The Bertz CT molecular complexity index is 1330. The zero-order valence-electron chi connectivity index (χ0n) is 23.4. The minimum absolute atomic E-state index is 0.571. The molecule has 0 fully saturated rings. The van der Waals surface area contributed by atoms with E-state index in [0.29, 0.717) is 5.92 Å². The number of alkyl halides is 3. The molecule has 1 unspecified atom stereocenters. The quantitative estimate of drug-likeness (QED) is 0.181. The van der Waals surface area contributed by atoms with Gasteiger partial charge in [0.2, 0.25) is 5.52 Å². The van der Waals surface area contributed by atoms with Crippen molar-refractivity contribution in [3.8, 4) is 0 Å². The number of anilines is 1. The summed E-state index contributed by atoms with van der Waals surface area (Å²) in [7, 11) is 0.331. The normalized spacial score (nSPS) is 12.8. The highest BCUT2D eigenvalue weighted by Crippen LogP contribution is 2.31. The van der Waals surface area contributed by atoms with Crippen molar-refractivity contribution in [2.75, 3.05) is 19.0 Å². The van der Waals surface area contributed by atoms with Gasteiger partial charge < -0.3 is 14.0 Å². The average molecular weight is 556 g/mol. The minimum Gasteiger partial charge on any atom is -0.741 e. The highest BCUT2D eigenvalue weighted by molar-refractivity contribution is 7.86. The molecule has 0 aliphatic heterocycles. The second-order valence-electron chi connectivity index (χ2n) is 9.94. The van der Waals surface area contributed by atoms with Gasteiger partial charge in [-0.2, -0.15) is 17.7 Å². The van der Waals surface area contributed by atoms with E-state index in [1.165, 1.54) is 59.4 Å². The van der Waals surface area contributed by atoms with Crippen molar-refractivity contribution in [1.82, 2.24) is 4.57 Å². The van der Waals surface area contributed by atoms with Crippen LogP contribution in [0.5, 0.6) is 0 Å². The van der Waals surface area contributed by atoms with Gasteiger partial charge in [0, 0.05) is 61.7 Å². The van der Waals surface area contributed by atoms with Gasteiger partial charge in [-0.15, -0.1) is 0 Å². The fraction of sp³-hybridized carbons (Fsp3) is 0.536. The van der Waals surface area contributed by atoms with Crippen LogP contribution in [0.15, 0.2) is 36.4 Å². The molecule has 212 valence electrons. The maximum atomic E-state index is 10.7. The lowest BCUT2D eigenvalue weighted by atomic mass is 9.89. The third kappa shape index (κ3) is 7.72. The van der Waals surface area contributed by atoms with Gasteiger partial charge in [0.05, 0.1) is 0 Å². The van der Waals surface area contributed by atoms with Crippen LogP contribution in [0.25, 0.3) is 10.9 Å². The average Bonchev–Trinajstić information content (AvgIpc) is 3.10.